The first-order valence-electron chi connectivity index (χ1n) is 15.4. The molecule has 1 aliphatic rings. The Kier molecular flexibility index (Phi) is 9.69. The van der Waals surface area contributed by atoms with Crippen molar-refractivity contribution in [3.05, 3.63) is 99.2 Å². The predicted octanol–water partition coefficient (Wildman–Crippen LogP) is 3.86. The van der Waals surface area contributed by atoms with Crippen LogP contribution in [0.3, 0.4) is 0 Å². The first kappa shape index (κ1) is 33.5. The Bertz CT molecular complexity index is 1960. The highest BCUT2D eigenvalue weighted by atomic mass is 16.5. The number of nitrogens with zero attached hydrogens (tertiary/aromatic N) is 3. The third-order valence-corrected chi connectivity index (χ3v) is 8.26. The van der Waals surface area contributed by atoms with Crippen LogP contribution >= 0.6 is 0 Å². The molecule has 13 nitrogen and oxygen atoms in total. The van der Waals surface area contributed by atoms with Crippen molar-refractivity contribution in [3.8, 4) is 17.4 Å². The van der Waals surface area contributed by atoms with Gasteiger partial charge in [0.05, 0.1) is 18.0 Å². The molecule has 0 bridgehead atoms. The number of aromatic nitrogens is 3. The van der Waals surface area contributed by atoms with E-state index < -0.39 is 35.2 Å². The number of ether oxygens (including phenoxy) is 1. The lowest BCUT2D eigenvalue weighted by molar-refractivity contribution is -0.143. The maximum Gasteiger partial charge on any atom is 0.343 e. The van der Waals surface area contributed by atoms with E-state index in [4.69, 9.17) is 4.74 Å². The molecule has 1 aliphatic carbocycles. The quantitative estimate of drug-likeness (QED) is 0.104. The second-order valence-corrected chi connectivity index (χ2v) is 11.4. The van der Waals surface area contributed by atoms with Gasteiger partial charge in [0, 0.05) is 48.9 Å². The summed E-state index contributed by atoms with van der Waals surface area (Å²) in [6.07, 6.45) is 0.824. The zero-order valence-electron chi connectivity index (χ0n) is 26.3. The predicted molar refractivity (Wildman–Crippen MR) is 170 cm³/mol. The van der Waals surface area contributed by atoms with E-state index in [1.165, 1.54) is 67.6 Å². The Hall–Kier alpha value is -5.85. The minimum atomic E-state index is -1.08. The lowest BCUT2D eigenvalue weighted by atomic mass is 9.95. The Labute approximate surface area is 274 Å². The topological polar surface area (TPSA) is 184 Å². The zero-order valence-corrected chi connectivity index (χ0v) is 26.3. The van der Waals surface area contributed by atoms with Gasteiger partial charge in [-0.1, -0.05) is 12.1 Å². The average molecular weight is 656 g/mol. The number of hydrogen-bond donors (Lipinski definition) is 2. The van der Waals surface area contributed by atoms with Gasteiger partial charge in [-0.2, -0.15) is 0 Å². The first-order valence-corrected chi connectivity index (χ1v) is 15.4. The lowest BCUT2D eigenvalue weighted by Crippen LogP contribution is -2.34. The van der Waals surface area contributed by atoms with Gasteiger partial charge in [0.2, 0.25) is 0 Å². The van der Waals surface area contributed by atoms with Crippen molar-refractivity contribution in [2.75, 3.05) is 6.61 Å². The average Bonchev–Trinajstić information content (AvgIpc) is 3.68. The Morgan fingerprint density at radius 3 is 1.83 bits per heavy atom. The van der Waals surface area contributed by atoms with Gasteiger partial charge in [0.25, 0.3) is 11.8 Å². The van der Waals surface area contributed by atoms with Crippen LogP contribution in [0, 0.1) is 6.92 Å². The van der Waals surface area contributed by atoms with Crippen molar-refractivity contribution in [1.82, 2.24) is 13.7 Å². The second kappa shape index (κ2) is 13.9. The van der Waals surface area contributed by atoms with E-state index in [0.29, 0.717) is 22.2 Å². The van der Waals surface area contributed by atoms with Gasteiger partial charge < -0.3 is 14.9 Å². The number of carbonyl (C=O) groups excluding carboxylic acids is 6. The minimum Gasteiger partial charge on any atom is -0.494 e. The highest BCUT2D eigenvalue weighted by Gasteiger charge is 2.34. The van der Waals surface area contributed by atoms with Crippen molar-refractivity contribution >= 4 is 35.1 Å². The SMILES string of the molecule is CCOC(=O)CCCCC(=O)c1c(C)n(C(=O)c2ccc(C3C(=O)CCC3=O)cc2)c(=O)n1C(=O)c1ccc(-n2c(O)ccc2O)cc1. The molecule has 0 aliphatic heterocycles. The molecule has 13 heteroatoms. The number of imidazole rings is 1. The molecule has 0 atom stereocenters. The summed E-state index contributed by atoms with van der Waals surface area (Å²) < 4.78 is 7.41. The molecule has 2 N–H and O–H groups in total. The smallest absolute Gasteiger partial charge is 0.343 e. The molecule has 2 heterocycles. The molecule has 0 saturated heterocycles. The van der Waals surface area contributed by atoms with E-state index in [9.17, 15) is 43.8 Å². The van der Waals surface area contributed by atoms with Crippen molar-refractivity contribution in [1.29, 1.82) is 0 Å². The third kappa shape index (κ3) is 6.39. The maximum atomic E-state index is 13.9. The molecule has 0 unspecified atom stereocenters. The van der Waals surface area contributed by atoms with Crippen molar-refractivity contribution < 1.29 is 43.7 Å². The van der Waals surface area contributed by atoms with Crippen molar-refractivity contribution in [2.45, 2.75) is 58.3 Å². The van der Waals surface area contributed by atoms with Crippen LogP contribution in [0.25, 0.3) is 5.69 Å². The molecular formula is C35H33N3O10. The summed E-state index contributed by atoms with van der Waals surface area (Å²) in [7, 11) is 0. The van der Waals surface area contributed by atoms with E-state index in [1.807, 2.05) is 0 Å². The number of unbranched alkanes of at least 4 members (excludes halogenated alkanes) is 1. The molecule has 48 heavy (non-hydrogen) atoms. The van der Waals surface area contributed by atoms with E-state index in [1.54, 1.807) is 6.92 Å². The van der Waals surface area contributed by atoms with Crippen LogP contribution in [-0.4, -0.2) is 65.7 Å². The summed E-state index contributed by atoms with van der Waals surface area (Å²) >= 11 is 0. The largest absolute Gasteiger partial charge is 0.494 e. The van der Waals surface area contributed by atoms with Crippen molar-refractivity contribution in [3.63, 3.8) is 0 Å². The van der Waals surface area contributed by atoms with E-state index in [2.05, 4.69) is 0 Å². The number of aromatic hydroxyl groups is 2. The van der Waals surface area contributed by atoms with Crippen LogP contribution in [0.1, 0.15) is 93.8 Å². The van der Waals surface area contributed by atoms with Crippen LogP contribution < -0.4 is 5.69 Å². The summed E-state index contributed by atoms with van der Waals surface area (Å²) in [5.41, 5.74) is -0.702. The van der Waals surface area contributed by atoms with Crippen LogP contribution in [0.4, 0.5) is 0 Å². The molecule has 5 rings (SSSR count). The molecule has 2 aromatic heterocycles. The minimum absolute atomic E-state index is 0.0237. The number of esters is 1. The molecule has 1 saturated carbocycles. The Balaban J connectivity index is 1.50. The van der Waals surface area contributed by atoms with Gasteiger partial charge in [-0.3, -0.25) is 33.3 Å². The number of carbonyl (C=O) groups is 6. The van der Waals surface area contributed by atoms with Gasteiger partial charge in [0.1, 0.15) is 23.2 Å². The molecule has 0 spiro atoms. The monoisotopic (exact) mass is 655 g/mol. The molecule has 248 valence electrons. The van der Waals surface area contributed by atoms with Gasteiger partial charge in [-0.05, 0) is 68.7 Å². The van der Waals surface area contributed by atoms with Gasteiger partial charge >= 0.3 is 11.7 Å². The van der Waals surface area contributed by atoms with Crippen LogP contribution in [0.5, 0.6) is 11.8 Å². The summed E-state index contributed by atoms with van der Waals surface area (Å²) in [5.74, 6) is -4.55. The second-order valence-electron chi connectivity index (χ2n) is 11.4. The number of ketones is 3. The first-order chi connectivity index (χ1) is 22.9. The number of benzene rings is 2. The lowest BCUT2D eigenvalue weighted by Gasteiger charge is -2.09. The number of Topliss-reactive ketones (excluding diaryl/α,β-unsaturated/α-hetero) is 3. The fourth-order valence-corrected chi connectivity index (χ4v) is 5.86. The Morgan fingerprint density at radius 1 is 0.750 bits per heavy atom. The van der Waals surface area contributed by atoms with E-state index in [0.717, 1.165) is 9.13 Å². The van der Waals surface area contributed by atoms with Crippen molar-refractivity contribution in [2.24, 2.45) is 0 Å². The summed E-state index contributed by atoms with van der Waals surface area (Å²) in [6, 6.07) is 13.8. The Morgan fingerprint density at radius 2 is 1.27 bits per heavy atom. The number of rotatable bonds is 11. The molecule has 1 fully saturated rings. The standard InChI is InChI=1S/C35H33N3O10/c1-3-48-30(44)7-5-4-6-27(41)32-20(2)36(33(45)22-10-8-21(9-11-22)31-25(39)16-17-26(31)40)35(47)38(32)34(46)23-12-14-24(15-13-23)37-28(42)18-19-29(37)43/h8-15,18-19,31,42-43H,3-7,16-17H2,1-2H3. The van der Waals surface area contributed by atoms with E-state index in [-0.39, 0.29) is 84.6 Å². The summed E-state index contributed by atoms with van der Waals surface area (Å²) in [4.78, 5) is 91.2. The highest BCUT2D eigenvalue weighted by Crippen LogP contribution is 2.29. The molecule has 2 aromatic carbocycles. The molecule has 0 amide bonds. The highest BCUT2D eigenvalue weighted by molar-refractivity contribution is 6.13. The van der Waals surface area contributed by atoms with Crippen LogP contribution in [0.2, 0.25) is 0 Å². The van der Waals surface area contributed by atoms with Crippen LogP contribution in [0.15, 0.2) is 65.5 Å². The number of hydrogen-bond acceptors (Lipinski definition) is 10. The molecular weight excluding hydrogens is 622 g/mol. The van der Waals surface area contributed by atoms with Gasteiger partial charge in [-0.15, -0.1) is 0 Å². The molecule has 0 radical (unpaired) electrons. The molecule has 4 aromatic rings. The summed E-state index contributed by atoms with van der Waals surface area (Å²) in [6.45, 7) is 3.28. The maximum absolute atomic E-state index is 13.9. The summed E-state index contributed by atoms with van der Waals surface area (Å²) in [5, 5.41) is 20.1. The zero-order chi connectivity index (χ0) is 34.7. The fraction of sp³-hybridized carbons (Fsp3) is 0.286. The van der Waals surface area contributed by atoms with Crippen LogP contribution in [-0.2, 0) is 19.1 Å². The fourth-order valence-electron chi connectivity index (χ4n) is 5.86. The van der Waals surface area contributed by atoms with Gasteiger partial charge in [-0.25, -0.2) is 13.9 Å². The normalized spacial score (nSPS) is 13.2. The van der Waals surface area contributed by atoms with E-state index >= 15 is 0 Å². The van der Waals surface area contributed by atoms with Gasteiger partial charge in [0.15, 0.2) is 17.5 Å². The third-order valence-electron chi connectivity index (χ3n) is 8.26.